The molecule has 1 aliphatic heterocycles. The van der Waals surface area contributed by atoms with Crippen LogP contribution in [0, 0.1) is 5.41 Å². The number of phenols is 1. The molecule has 0 unspecified atom stereocenters. The van der Waals surface area contributed by atoms with Gasteiger partial charge in [0.15, 0.2) is 0 Å². The minimum absolute atomic E-state index is 0.119. The molecule has 2 heteroatoms. The molecule has 1 aromatic carbocycles. The Hall–Kier alpha value is -1.02. The predicted octanol–water partition coefficient (Wildman–Crippen LogP) is 3.33. The van der Waals surface area contributed by atoms with Crippen LogP contribution in [-0.2, 0) is 11.8 Å². The average molecular weight is 259 g/mol. The minimum Gasteiger partial charge on any atom is -0.508 e. The maximum atomic E-state index is 10.2. The monoisotopic (exact) mass is 259 g/mol. The van der Waals surface area contributed by atoms with Gasteiger partial charge in [0.25, 0.3) is 0 Å². The van der Waals surface area contributed by atoms with Crippen LogP contribution in [0.3, 0.4) is 0 Å². The Bertz CT molecular complexity index is 508. The van der Waals surface area contributed by atoms with Gasteiger partial charge in [0.05, 0.1) is 0 Å². The van der Waals surface area contributed by atoms with Gasteiger partial charge in [-0.15, -0.1) is 0 Å². The molecule has 104 valence electrons. The number of rotatable bonds is 1. The van der Waals surface area contributed by atoms with Crippen molar-refractivity contribution >= 4 is 0 Å². The fraction of sp³-hybridized carbons (Fsp3) is 0.647. The lowest BCUT2D eigenvalue weighted by atomic mass is 9.54. The molecule has 2 atom stereocenters. The van der Waals surface area contributed by atoms with Crippen molar-refractivity contribution in [3.05, 3.63) is 29.3 Å². The van der Waals surface area contributed by atoms with E-state index in [0.29, 0.717) is 17.2 Å². The highest BCUT2D eigenvalue weighted by Crippen LogP contribution is 2.57. The third-order valence-electron chi connectivity index (χ3n) is 6.15. The van der Waals surface area contributed by atoms with Crippen LogP contribution in [0.15, 0.2) is 18.2 Å². The molecule has 0 saturated carbocycles. The van der Waals surface area contributed by atoms with Crippen molar-refractivity contribution in [3.63, 3.8) is 0 Å². The summed E-state index contributed by atoms with van der Waals surface area (Å²) in [5.74, 6) is 0.482. The number of hydrogen-bond donors (Lipinski definition) is 1. The van der Waals surface area contributed by atoms with Crippen LogP contribution in [0.4, 0.5) is 0 Å². The van der Waals surface area contributed by atoms with E-state index in [2.05, 4.69) is 38.7 Å². The maximum absolute atomic E-state index is 10.2. The Labute approximate surface area is 116 Å². The van der Waals surface area contributed by atoms with Gasteiger partial charge in [-0.1, -0.05) is 39.8 Å². The first-order chi connectivity index (χ1) is 8.91. The third kappa shape index (κ3) is 1.53. The van der Waals surface area contributed by atoms with Crippen molar-refractivity contribution < 1.29 is 5.11 Å². The SMILES string of the molecule is CCN1CC[C@@]2(C)[C@H]1Cc1c(O)cccc1C2(C)C. The highest BCUT2D eigenvalue weighted by molar-refractivity contribution is 5.48. The van der Waals surface area contributed by atoms with E-state index >= 15 is 0 Å². The fourth-order valence-corrected chi connectivity index (χ4v) is 4.44. The summed E-state index contributed by atoms with van der Waals surface area (Å²) < 4.78 is 0. The Morgan fingerprint density at radius 2 is 2.05 bits per heavy atom. The van der Waals surface area contributed by atoms with Crippen LogP contribution in [0.5, 0.6) is 5.75 Å². The lowest BCUT2D eigenvalue weighted by Crippen LogP contribution is -2.53. The normalized spacial score (nSPS) is 32.9. The van der Waals surface area contributed by atoms with E-state index in [-0.39, 0.29) is 5.41 Å². The van der Waals surface area contributed by atoms with E-state index in [9.17, 15) is 5.11 Å². The van der Waals surface area contributed by atoms with Crippen molar-refractivity contribution in [2.75, 3.05) is 13.1 Å². The molecular formula is C17H25NO. The van der Waals surface area contributed by atoms with Crippen LogP contribution >= 0.6 is 0 Å². The number of likely N-dealkylation sites (tertiary alicyclic amines) is 1. The fourth-order valence-electron chi connectivity index (χ4n) is 4.44. The zero-order valence-electron chi connectivity index (χ0n) is 12.5. The van der Waals surface area contributed by atoms with Gasteiger partial charge in [0, 0.05) is 6.04 Å². The van der Waals surface area contributed by atoms with Crippen molar-refractivity contribution in [1.29, 1.82) is 0 Å². The standard InChI is InChI=1S/C17H25NO/c1-5-18-10-9-17(4)15(18)11-12-13(16(17,2)3)7-6-8-14(12)19/h6-8,15,19H,5,9-11H2,1-4H3/t15-,17+/m1/s1. The summed E-state index contributed by atoms with van der Waals surface area (Å²) in [6.07, 6.45) is 2.25. The molecule has 1 aliphatic carbocycles. The lowest BCUT2D eigenvalue weighted by Gasteiger charge is -2.52. The van der Waals surface area contributed by atoms with E-state index < -0.39 is 0 Å². The molecule has 2 nitrogen and oxygen atoms in total. The van der Waals surface area contributed by atoms with Gasteiger partial charge in [-0.25, -0.2) is 0 Å². The molecule has 0 aromatic heterocycles. The Kier molecular flexibility index (Phi) is 2.72. The molecule has 0 radical (unpaired) electrons. The molecule has 2 aliphatic rings. The summed E-state index contributed by atoms with van der Waals surface area (Å²) in [5, 5.41) is 10.2. The molecule has 0 bridgehead atoms. The number of fused-ring (bicyclic) bond motifs is 2. The van der Waals surface area contributed by atoms with Crippen LogP contribution in [0.25, 0.3) is 0 Å². The van der Waals surface area contributed by atoms with E-state index in [4.69, 9.17) is 0 Å². The average Bonchev–Trinajstić information content (AvgIpc) is 2.70. The molecular weight excluding hydrogens is 234 g/mol. The van der Waals surface area contributed by atoms with E-state index in [0.717, 1.165) is 13.0 Å². The second kappa shape index (κ2) is 3.99. The maximum Gasteiger partial charge on any atom is 0.119 e. The smallest absolute Gasteiger partial charge is 0.119 e. The molecule has 19 heavy (non-hydrogen) atoms. The lowest BCUT2D eigenvalue weighted by molar-refractivity contribution is 0.0816. The van der Waals surface area contributed by atoms with Gasteiger partial charge < -0.3 is 5.11 Å². The highest BCUT2D eigenvalue weighted by Gasteiger charge is 2.56. The Balaban J connectivity index is 2.17. The first kappa shape index (κ1) is 13.0. The molecule has 1 aromatic rings. The summed E-state index contributed by atoms with van der Waals surface area (Å²) in [6, 6.07) is 6.60. The van der Waals surface area contributed by atoms with Gasteiger partial charge in [-0.2, -0.15) is 0 Å². The number of benzene rings is 1. The highest BCUT2D eigenvalue weighted by atomic mass is 16.3. The second-order valence-electron chi connectivity index (χ2n) is 6.94. The largest absolute Gasteiger partial charge is 0.508 e. The predicted molar refractivity (Wildman–Crippen MR) is 78.6 cm³/mol. The van der Waals surface area contributed by atoms with Gasteiger partial charge in [-0.3, -0.25) is 4.90 Å². The third-order valence-corrected chi connectivity index (χ3v) is 6.15. The summed E-state index contributed by atoms with van der Waals surface area (Å²) in [6.45, 7) is 11.7. The van der Waals surface area contributed by atoms with E-state index in [1.807, 2.05) is 12.1 Å². The second-order valence-corrected chi connectivity index (χ2v) is 6.94. The zero-order valence-corrected chi connectivity index (χ0v) is 12.5. The van der Waals surface area contributed by atoms with Gasteiger partial charge in [0.2, 0.25) is 0 Å². The summed E-state index contributed by atoms with van der Waals surface area (Å²) in [4.78, 5) is 2.59. The zero-order chi connectivity index (χ0) is 13.8. The van der Waals surface area contributed by atoms with Crippen LogP contribution in [0.1, 0.15) is 45.2 Å². The number of nitrogens with zero attached hydrogens (tertiary/aromatic N) is 1. The van der Waals surface area contributed by atoms with Crippen molar-refractivity contribution in [1.82, 2.24) is 4.90 Å². The van der Waals surface area contributed by atoms with Crippen LogP contribution < -0.4 is 0 Å². The molecule has 1 N–H and O–H groups in total. The van der Waals surface area contributed by atoms with Crippen molar-refractivity contribution in [2.45, 2.75) is 52.0 Å². The van der Waals surface area contributed by atoms with Crippen LogP contribution in [-0.4, -0.2) is 29.1 Å². The number of likely N-dealkylation sites (N-methyl/N-ethyl adjacent to an activating group) is 1. The number of aromatic hydroxyl groups is 1. The quantitative estimate of drug-likeness (QED) is 0.836. The Morgan fingerprint density at radius 3 is 2.74 bits per heavy atom. The summed E-state index contributed by atoms with van der Waals surface area (Å²) >= 11 is 0. The number of hydrogen-bond acceptors (Lipinski definition) is 2. The molecule has 3 rings (SSSR count). The van der Waals surface area contributed by atoms with Crippen molar-refractivity contribution in [3.8, 4) is 5.75 Å². The van der Waals surface area contributed by atoms with E-state index in [1.165, 1.54) is 24.1 Å². The first-order valence-corrected chi connectivity index (χ1v) is 7.47. The minimum atomic E-state index is 0.119. The molecule has 1 fully saturated rings. The first-order valence-electron chi connectivity index (χ1n) is 7.47. The summed E-state index contributed by atoms with van der Waals surface area (Å²) in [7, 11) is 0. The Morgan fingerprint density at radius 1 is 1.32 bits per heavy atom. The molecule has 1 saturated heterocycles. The van der Waals surface area contributed by atoms with Gasteiger partial charge in [0.1, 0.15) is 5.75 Å². The van der Waals surface area contributed by atoms with Gasteiger partial charge in [-0.05, 0) is 54.0 Å². The molecule has 0 spiro atoms. The molecule has 1 heterocycles. The molecule has 0 amide bonds. The van der Waals surface area contributed by atoms with Gasteiger partial charge >= 0.3 is 0 Å². The van der Waals surface area contributed by atoms with E-state index in [1.54, 1.807) is 0 Å². The van der Waals surface area contributed by atoms with Crippen molar-refractivity contribution in [2.24, 2.45) is 5.41 Å². The van der Waals surface area contributed by atoms with Crippen LogP contribution in [0.2, 0.25) is 0 Å². The summed E-state index contributed by atoms with van der Waals surface area (Å²) in [5.41, 5.74) is 2.96. The number of phenolic OH excluding ortho intramolecular Hbond substituents is 1. The topological polar surface area (TPSA) is 23.5 Å².